The minimum Gasteiger partial charge on any atom is -0.460 e. The number of nitrogen functional groups attached to an aromatic ring is 1. The number of hydrogen-bond donors (Lipinski definition) is 3. The molecule has 0 radical (unpaired) electrons. The van der Waals surface area contributed by atoms with E-state index >= 15 is 0 Å². The molecule has 128 valence electrons. The highest BCUT2D eigenvalue weighted by Crippen LogP contribution is 2.27. The maximum absolute atomic E-state index is 11.9. The summed E-state index contributed by atoms with van der Waals surface area (Å²) in [4.78, 5) is 11.9. The van der Waals surface area contributed by atoms with Gasteiger partial charge in [-0.2, -0.15) is 0 Å². The number of hydrogen-bond acceptors (Lipinski definition) is 5. The fraction of sp³-hybridized carbons (Fsp3) is 0.588. The average molecular weight is 385 g/mol. The maximum Gasteiger partial charge on any atom is 0.338 e. The van der Waals surface area contributed by atoms with Gasteiger partial charge in [-0.3, -0.25) is 0 Å². The number of nitrogens with two attached hydrogens (primary N) is 1. The molecule has 0 unspecified atom stereocenters. The number of aliphatic hydroxyl groups is 1. The standard InChI is InChI=1S/C17H25BrN2O3/c18-15-9-13(17(22)23-7-6-21)8-14(16(15)19)11-20-10-12-4-2-1-3-5-12/h8-9,12,20-21H,1-7,10-11,19H2. The van der Waals surface area contributed by atoms with Crippen molar-refractivity contribution in [3.05, 3.63) is 27.7 Å². The summed E-state index contributed by atoms with van der Waals surface area (Å²) in [6.07, 6.45) is 6.59. The molecule has 1 aliphatic carbocycles. The average Bonchev–Trinajstić information content (AvgIpc) is 2.57. The largest absolute Gasteiger partial charge is 0.460 e. The molecule has 1 aromatic rings. The van der Waals surface area contributed by atoms with Crippen molar-refractivity contribution in [2.24, 2.45) is 5.92 Å². The fourth-order valence-electron chi connectivity index (χ4n) is 2.96. The number of benzene rings is 1. The SMILES string of the molecule is Nc1c(Br)cc(C(=O)OCCO)cc1CNCC1CCCCC1. The van der Waals surface area contributed by atoms with Crippen molar-refractivity contribution >= 4 is 27.6 Å². The van der Waals surface area contributed by atoms with Crippen LogP contribution < -0.4 is 11.1 Å². The number of ether oxygens (including phenoxy) is 1. The topological polar surface area (TPSA) is 84.6 Å². The number of halogens is 1. The van der Waals surface area contributed by atoms with Crippen LogP contribution in [0.25, 0.3) is 0 Å². The van der Waals surface area contributed by atoms with Gasteiger partial charge in [0, 0.05) is 11.0 Å². The number of carbonyl (C=O) groups is 1. The van der Waals surface area contributed by atoms with E-state index < -0.39 is 5.97 Å². The normalized spacial score (nSPS) is 15.6. The van der Waals surface area contributed by atoms with Crippen molar-refractivity contribution in [3.8, 4) is 0 Å². The van der Waals surface area contributed by atoms with Gasteiger partial charge in [0.05, 0.1) is 17.9 Å². The third kappa shape index (κ3) is 5.48. The van der Waals surface area contributed by atoms with Crippen LogP contribution in [-0.2, 0) is 11.3 Å². The van der Waals surface area contributed by atoms with Gasteiger partial charge in [-0.25, -0.2) is 4.79 Å². The van der Waals surface area contributed by atoms with Gasteiger partial charge in [-0.05, 0) is 58.9 Å². The van der Waals surface area contributed by atoms with Crippen LogP contribution in [0.15, 0.2) is 16.6 Å². The van der Waals surface area contributed by atoms with E-state index in [1.54, 1.807) is 12.1 Å². The van der Waals surface area contributed by atoms with E-state index in [-0.39, 0.29) is 13.2 Å². The molecule has 1 aromatic carbocycles. The first-order chi connectivity index (χ1) is 11.1. The number of rotatable bonds is 7. The van der Waals surface area contributed by atoms with Crippen LogP contribution in [0.1, 0.15) is 48.0 Å². The summed E-state index contributed by atoms with van der Waals surface area (Å²) in [5, 5.41) is 12.2. The molecule has 2 rings (SSSR count). The summed E-state index contributed by atoms with van der Waals surface area (Å²) in [7, 11) is 0. The van der Waals surface area contributed by atoms with Crippen molar-refractivity contribution in [1.29, 1.82) is 0 Å². The first kappa shape index (κ1) is 18.2. The molecule has 0 heterocycles. The summed E-state index contributed by atoms with van der Waals surface area (Å²) in [5.74, 6) is 0.291. The molecule has 0 bridgehead atoms. The lowest BCUT2D eigenvalue weighted by atomic mass is 9.89. The minimum atomic E-state index is -0.451. The first-order valence-corrected chi connectivity index (χ1v) is 8.97. The summed E-state index contributed by atoms with van der Waals surface area (Å²) in [5.41, 5.74) is 8.05. The third-order valence-electron chi connectivity index (χ3n) is 4.25. The first-order valence-electron chi connectivity index (χ1n) is 8.18. The van der Waals surface area contributed by atoms with Crippen molar-refractivity contribution in [2.75, 3.05) is 25.5 Å². The van der Waals surface area contributed by atoms with Gasteiger partial charge < -0.3 is 20.9 Å². The summed E-state index contributed by atoms with van der Waals surface area (Å²) >= 11 is 3.39. The van der Waals surface area contributed by atoms with Gasteiger partial charge in [0.2, 0.25) is 0 Å². The number of anilines is 1. The molecule has 6 heteroatoms. The molecule has 0 aliphatic heterocycles. The predicted octanol–water partition coefficient (Wildman–Crippen LogP) is 2.85. The second-order valence-corrected chi connectivity index (χ2v) is 6.88. The van der Waals surface area contributed by atoms with E-state index in [9.17, 15) is 4.79 Å². The highest BCUT2D eigenvalue weighted by atomic mass is 79.9. The van der Waals surface area contributed by atoms with E-state index in [1.807, 2.05) is 0 Å². The van der Waals surface area contributed by atoms with Gasteiger partial charge >= 0.3 is 5.97 Å². The summed E-state index contributed by atoms with van der Waals surface area (Å²) < 4.78 is 5.64. The van der Waals surface area contributed by atoms with Gasteiger partial charge in [0.25, 0.3) is 0 Å². The molecule has 0 amide bonds. The molecule has 0 atom stereocenters. The smallest absolute Gasteiger partial charge is 0.338 e. The Bertz CT molecular complexity index is 531. The Morgan fingerprint density at radius 1 is 1.35 bits per heavy atom. The van der Waals surface area contributed by atoms with Gasteiger partial charge in [-0.15, -0.1) is 0 Å². The zero-order valence-corrected chi connectivity index (χ0v) is 14.9. The van der Waals surface area contributed by atoms with E-state index in [1.165, 1.54) is 32.1 Å². The molecule has 0 spiro atoms. The van der Waals surface area contributed by atoms with Gasteiger partial charge in [-0.1, -0.05) is 19.3 Å². The van der Waals surface area contributed by atoms with Crippen LogP contribution >= 0.6 is 15.9 Å². The zero-order chi connectivity index (χ0) is 16.7. The number of carbonyl (C=O) groups excluding carboxylic acids is 1. The molecule has 0 aromatic heterocycles. The lowest BCUT2D eigenvalue weighted by Crippen LogP contribution is -2.24. The quantitative estimate of drug-likeness (QED) is 0.497. The number of aliphatic hydroxyl groups excluding tert-OH is 1. The lowest BCUT2D eigenvalue weighted by Gasteiger charge is -2.22. The van der Waals surface area contributed by atoms with E-state index in [2.05, 4.69) is 21.2 Å². The Labute approximate surface area is 145 Å². The summed E-state index contributed by atoms with van der Waals surface area (Å²) in [6, 6.07) is 3.41. The molecule has 0 saturated heterocycles. The Hall–Kier alpha value is -1.11. The Morgan fingerprint density at radius 3 is 2.78 bits per heavy atom. The van der Waals surface area contributed by atoms with E-state index in [0.717, 1.165) is 18.0 Å². The minimum absolute atomic E-state index is 0.00388. The predicted molar refractivity (Wildman–Crippen MR) is 94.2 cm³/mol. The van der Waals surface area contributed by atoms with Crippen molar-refractivity contribution < 1.29 is 14.6 Å². The van der Waals surface area contributed by atoms with Gasteiger partial charge in [0.1, 0.15) is 6.61 Å². The Kier molecular flexibility index (Phi) is 7.33. The van der Waals surface area contributed by atoms with E-state index in [4.69, 9.17) is 15.6 Å². The maximum atomic E-state index is 11.9. The molecule has 4 N–H and O–H groups in total. The van der Waals surface area contributed by atoms with Crippen LogP contribution in [0.4, 0.5) is 5.69 Å². The van der Waals surface area contributed by atoms with Crippen LogP contribution in [0, 0.1) is 5.92 Å². The molecule has 1 aliphatic rings. The molecule has 23 heavy (non-hydrogen) atoms. The van der Waals surface area contributed by atoms with Crippen LogP contribution in [0.5, 0.6) is 0 Å². The second-order valence-electron chi connectivity index (χ2n) is 6.03. The van der Waals surface area contributed by atoms with Crippen LogP contribution in [0.2, 0.25) is 0 Å². The molecular formula is C17H25BrN2O3. The number of nitrogens with one attached hydrogen (secondary N) is 1. The molecule has 5 nitrogen and oxygen atoms in total. The summed E-state index contributed by atoms with van der Waals surface area (Å²) in [6.45, 7) is 1.42. The number of esters is 1. The lowest BCUT2D eigenvalue weighted by molar-refractivity contribution is 0.0433. The van der Waals surface area contributed by atoms with Crippen molar-refractivity contribution in [1.82, 2.24) is 5.32 Å². The zero-order valence-electron chi connectivity index (χ0n) is 13.3. The van der Waals surface area contributed by atoms with Crippen LogP contribution in [-0.4, -0.2) is 30.8 Å². The highest BCUT2D eigenvalue weighted by Gasteiger charge is 2.15. The van der Waals surface area contributed by atoms with Crippen LogP contribution in [0.3, 0.4) is 0 Å². The fourth-order valence-corrected chi connectivity index (χ4v) is 3.46. The van der Waals surface area contributed by atoms with Gasteiger partial charge in [0.15, 0.2) is 0 Å². The van der Waals surface area contributed by atoms with Crippen molar-refractivity contribution in [3.63, 3.8) is 0 Å². The van der Waals surface area contributed by atoms with E-state index in [0.29, 0.717) is 22.3 Å². The molecule has 1 saturated carbocycles. The molecular weight excluding hydrogens is 360 g/mol. The Morgan fingerprint density at radius 2 is 2.09 bits per heavy atom. The monoisotopic (exact) mass is 384 g/mol. The third-order valence-corrected chi connectivity index (χ3v) is 4.90. The second kappa shape index (κ2) is 9.25. The highest BCUT2D eigenvalue weighted by molar-refractivity contribution is 9.10. The van der Waals surface area contributed by atoms with Crippen molar-refractivity contribution in [2.45, 2.75) is 38.6 Å². The molecule has 1 fully saturated rings. The Balaban J connectivity index is 1.96.